The zero-order valence-electron chi connectivity index (χ0n) is 19.1. The number of aromatic nitrogens is 2. The highest BCUT2D eigenvalue weighted by Crippen LogP contribution is 2.27. The van der Waals surface area contributed by atoms with E-state index in [-0.39, 0.29) is 18.3 Å². The van der Waals surface area contributed by atoms with Crippen molar-refractivity contribution >= 4 is 22.6 Å². The van der Waals surface area contributed by atoms with Crippen molar-refractivity contribution in [3.63, 3.8) is 0 Å². The van der Waals surface area contributed by atoms with Gasteiger partial charge in [0.1, 0.15) is 18.1 Å². The molecule has 1 saturated heterocycles. The molecule has 5 rings (SSSR count). The molecule has 0 bridgehead atoms. The monoisotopic (exact) mass is 465 g/mol. The highest BCUT2D eigenvalue weighted by Gasteiger charge is 2.22. The van der Waals surface area contributed by atoms with E-state index < -0.39 is 0 Å². The Bertz CT molecular complexity index is 1200. The minimum Gasteiger partial charge on any atom is -0.497 e. The number of esters is 1. The molecule has 0 spiro atoms. The number of halogens is 1. The standard InChI is InChI=1S/C25H28FN5O3/c1-33-18-6-9-22-20(10-18)19(21(26)13-29-22)7-4-15-2-3-16(11-27-15)28-12-17-5-8-23-25(31-17)34-24(32)14-30-23/h5-6,8-10,13,15-16,27-28,30H,2-4,7,11-12,14H2,1H3. The van der Waals surface area contributed by atoms with Crippen LogP contribution in [0.3, 0.4) is 0 Å². The Hall–Kier alpha value is -3.30. The number of anilines is 1. The Morgan fingerprint density at radius 2 is 2.18 bits per heavy atom. The molecule has 0 aliphatic carbocycles. The molecule has 4 heterocycles. The van der Waals surface area contributed by atoms with Crippen LogP contribution in [0.4, 0.5) is 10.1 Å². The molecule has 8 nitrogen and oxygen atoms in total. The first-order valence-electron chi connectivity index (χ1n) is 11.6. The first-order valence-corrected chi connectivity index (χ1v) is 11.6. The summed E-state index contributed by atoms with van der Waals surface area (Å²) in [5.74, 6) is 0.445. The van der Waals surface area contributed by atoms with E-state index in [0.29, 0.717) is 42.2 Å². The molecular weight excluding hydrogens is 437 g/mol. The van der Waals surface area contributed by atoms with Crippen LogP contribution in [0.5, 0.6) is 11.6 Å². The number of pyridine rings is 2. The summed E-state index contributed by atoms with van der Waals surface area (Å²) in [6.07, 6.45) is 4.83. The van der Waals surface area contributed by atoms with Gasteiger partial charge in [0.15, 0.2) is 0 Å². The number of benzene rings is 1. The van der Waals surface area contributed by atoms with Gasteiger partial charge >= 0.3 is 5.97 Å². The molecule has 178 valence electrons. The second kappa shape index (κ2) is 9.90. The SMILES string of the molecule is COc1ccc2ncc(F)c(CCC3CCC(NCc4ccc5c(n4)OC(=O)CN5)CN3)c2c1. The van der Waals surface area contributed by atoms with Crippen molar-refractivity contribution in [2.24, 2.45) is 0 Å². The normalized spacial score (nSPS) is 19.9. The summed E-state index contributed by atoms with van der Waals surface area (Å²) in [6, 6.07) is 10.0. The molecule has 0 saturated carbocycles. The zero-order valence-corrected chi connectivity index (χ0v) is 19.1. The van der Waals surface area contributed by atoms with Gasteiger partial charge < -0.3 is 25.4 Å². The first kappa shape index (κ1) is 22.5. The van der Waals surface area contributed by atoms with Crippen LogP contribution in [0.2, 0.25) is 0 Å². The van der Waals surface area contributed by atoms with E-state index in [0.717, 1.165) is 48.1 Å². The summed E-state index contributed by atoms with van der Waals surface area (Å²) >= 11 is 0. The number of hydrogen-bond donors (Lipinski definition) is 3. The van der Waals surface area contributed by atoms with Gasteiger partial charge in [0.25, 0.3) is 0 Å². The molecule has 2 atom stereocenters. The number of methoxy groups -OCH3 is 1. The maximum Gasteiger partial charge on any atom is 0.332 e. The van der Waals surface area contributed by atoms with Crippen molar-refractivity contribution in [2.75, 3.05) is 25.5 Å². The minimum absolute atomic E-state index is 0.166. The molecule has 2 unspecified atom stereocenters. The Labute approximate surface area is 197 Å². The lowest BCUT2D eigenvalue weighted by molar-refractivity contribution is -0.133. The molecule has 2 aliphatic rings. The number of ether oxygens (including phenoxy) is 2. The van der Waals surface area contributed by atoms with E-state index in [1.165, 1.54) is 6.20 Å². The summed E-state index contributed by atoms with van der Waals surface area (Å²) in [7, 11) is 1.61. The van der Waals surface area contributed by atoms with Crippen molar-refractivity contribution in [1.82, 2.24) is 20.6 Å². The maximum atomic E-state index is 14.6. The molecule has 34 heavy (non-hydrogen) atoms. The van der Waals surface area contributed by atoms with Gasteiger partial charge in [-0.2, -0.15) is 0 Å². The molecule has 0 amide bonds. The quantitative estimate of drug-likeness (QED) is 0.459. The number of nitrogens with zero attached hydrogens (tertiary/aromatic N) is 2. The lowest BCUT2D eigenvalue weighted by Crippen LogP contribution is -2.47. The van der Waals surface area contributed by atoms with E-state index in [1.807, 2.05) is 30.3 Å². The Balaban J connectivity index is 1.13. The van der Waals surface area contributed by atoms with Gasteiger partial charge in [-0.05, 0) is 61.6 Å². The van der Waals surface area contributed by atoms with Gasteiger partial charge in [-0.25, -0.2) is 14.2 Å². The lowest BCUT2D eigenvalue weighted by atomic mass is 9.94. The second-order valence-corrected chi connectivity index (χ2v) is 8.75. The third-order valence-electron chi connectivity index (χ3n) is 6.52. The fourth-order valence-corrected chi connectivity index (χ4v) is 4.59. The average Bonchev–Trinajstić information content (AvgIpc) is 2.87. The lowest BCUT2D eigenvalue weighted by Gasteiger charge is -2.30. The number of carbonyl (C=O) groups is 1. The third-order valence-corrected chi connectivity index (χ3v) is 6.52. The van der Waals surface area contributed by atoms with Crippen molar-refractivity contribution in [3.05, 3.63) is 53.6 Å². The average molecular weight is 466 g/mol. The highest BCUT2D eigenvalue weighted by molar-refractivity contribution is 5.84. The van der Waals surface area contributed by atoms with Crippen LogP contribution in [0.25, 0.3) is 10.9 Å². The fourth-order valence-electron chi connectivity index (χ4n) is 4.59. The first-order chi connectivity index (χ1) is 16.6. The number of piperidine rings is 1. The number of fused-ring (bicyclic) bond motifs is 2. The summed E-state index contributed by atoms with van der Waals surface area (Å²) in [5.41, 5.74) is 3.04. The maximum absolute atomic E-state index is 14.6. The van der Waals surface area contributed by atoms with Gasteiger partial charge in [0.05, 0.1) is 30.2 Å². The van der Waals surface area contributed by atoms with Gasteiger partial charge in [-0.15, -0.1) is 0 Å². The molecule has 0 radical (unpaired) electrons. The summed E-state index contributed by atoms with van der Waals surface area (Å²) < 4.78 is 25.1. The largest absolute Gasteiger partial charge is 0.497 e. The number of carbonyl (C=O) groups excluding carboxylic acids is 1. The molecule has 3 N–H and O–H groups in total. The van der Waals surface area contributed by atoms with Crippen LogP contribution in [0.15, 0.2) is 36.5 Å². The molecular formula is C25H28FN5O3. The van der Waals surface area contributed by atoms with E-state index in [2.05, 4.69) is 25.9 Å². The van der Waals surface area contributed by atoms with Crippen LogP contribution < -0.4 is 25.4 Å². The zero-order chi connectivity index (χ0) is 23.5. The van der Waals surface area contributed by atoms with Crippen LogP contribution in [0, 0.1) is 5.82 Å². The Kier molecular flexibility index (Phi) is 6.55. The number of aryl methyl sites for hydroxylation is 1. The van der Waals surface area contributed by atoms with Gasteiger partial charge in [-0.1, -0.05) is 0 Å². The van der Waals surface area contributed by atoms with Crippen LogP contribution >= 0.6 is 0 Å². The van der Waals surface area contributed by atoms with E-state index >= 15 is 0 Å². The van der Waals surface area contributed by atoms with E-state index in [1.54, 1.807) is 7.11 Å². The topological polar surface area (TPSA) is 97.4 Å². The molecule has 1 aromatic carbocycles. The highest BCUT2D eigenvalue weighted by atomic mass is 19.1. The fraction of sp³-hybridized carbons (Fsp3) is 0.400. The summed E-state index contributed by atoms with van der Waals surface area (Å²) in [5, 5.41) is 10.9. The van der Waals surface area contributed by atoms with Crippen molar-refractivity contribution in [2.45, 2.75) is 44.3 Å². The van der Waals surface area contributed by atoms with Crippen molar-refractivity contribution in [1.29, 1.82) is 0 Å². The van der Waals surface area contributed by atoms with Crippen molar-refractivity contribution < 1.29 is 18.7 Å². The molecule has 2 aromatic heterocycles. The molecule has 1 fully saturated rings. The smallest absolute Gasteiger partial charge is 0.332 e. The van der Waals surface area contributed by atoms with Crippen LogP contribution in [-0.4, -0.2) is 48.2 Å². The predicted molar refractivity (Wildman–Crippen MR) is 127 cm³/mol. The Morgan fingerprint density at radius 3 is 3.00 bits per heavy atom. The second-order valence-electron chi connectivity index (χ2n) is 8.75. The van der Waals surface area contributed by atoms with Crippen molar-refractivity contribution in [3.8, 4) is 11.6 Å². The summed E-state index contributed by atoms with van der Waals surface area (Å²) in [6.45, 7) is 1.59. The van der Waals surface area contributed by atoms with E-state index in [4.69, 9.17) is 9.47 Å². The Morgan fingerprint density at radius 1 is 1.26 bits per heavy atom. The molecule has 9 heteroatoms. The molecule has 3 aromatic rings. The number of hydrogen-bond acceptors (Lipinski definition) is 8. The minimum atomic E-state index is -0.327. The van der Waals surface area contributed by atoms with Gasteiger partial charge in [0, 0.05) is 30.6 Å². The van der Waals surface area contributed by atoms with E-state index in [9.17, 15) is 9.18 Å². The third kappa shape index (κ3) is 4.95. The number of rotatable bonds is 7. The van der Waals surface area contributed by atoms with Crippen LogP contribution in [-0.2, 0) is 17.8 Å². The number of nitrogens with one attached hydrogen (secondary N) is 3. The van der Waals surface area contributed by atoms with Gasteiger partial charge in [0.2, 0.25) is 5.88 Å². The molecule has 2 aliphatic heterocycles. The summed E-state index contributed by atoms with van der Waals surface area (Å²) in [4.78, 5) is 20.1. The van der Waals surface area contributed by atoms with Gasteiger partial charge in [-0.3, -0.25) is 4.98 Å². The predicted octanol–water partition coefficient (Wildman–Crippen LogP) is 2.95. The van der Waals surface area contributed by atoms with Crippen LogP contribution in [0.1, 0.15) is 30.5 Å².